The maximum atomic E-state index is 5.25. The lowest BCUT2D eigenvalue weighted by molar-refractivity contribution is 0.147. The fourth-order valence-corrected chi connectivity index (χ4v) is 2.28. The largest absolute Gasteiger partial charge is 0.531 e. The quantitative estimate of drug-likeness (QED) is 0.557. The molecule has 0 bridgehead atoms. The molecule has 0 aromatic carbocycles. The summed E-state index contributed by atoms with van der Waals surface area (Å²) in [7, 11) is 3.96. The molecule has 0 fully saturated rings. The maximum absolute atomic E-state index is 5.25. The van der Waals surface area contributed by atoms with Crippen LogP contribution in [0.25, 0.3) is 5.43 Å². The van der Waals surface area contributed by atoms with Crippen LogP contribution in [-0.4, -0.2) is 42.8 Å². The van der Waals surface area contributed by atoms with Crippen molar-refractivity contribution in [2.45, 2.75) is 32.0 Å². The molecule has 0 spiro atoms. The van der Waals surface area contributed by atoms with Crippen LogP contribution in [0.4, 0.5) is 0 Å². The topological polar surface area (TPSA) is 54.5 Å². The first-order valence-corrected chi connectivity index (χ1v) is 7.55. The maximum Gasteiger partial charge on any atom is 0.130 e. The molecule has 2 rings (SSSR count). The van der Waals surface area contributed by atoms with Gasteiger partial charge in [0.2, 0.25) is 0 Å². The van der Waals surface area contributed by atoms with Gasteiger partial charge in [-0.1, -0.05) is 25.7 Å². The Labute approximate surface area is 132 Å². The Balaban J connectivity index is 1.92. The molecule has 2 aliphatic rings. The summed E-state index contributed by atoms with van der Waals surface area (Å²) in [6.45, 7) is 6.73. The van der Waals surface area contributed by atoms with Gasteiger partial charge in [0.25, 0.3) is 0 Å². The number of hydrogen-bond acceptors (Lipinski definition) is 5. The summed E-state index contributed by atoms with van der Waals surface area (Å²) in [5, 5.41) is 10.3. The lowest BCUT2D eigenvalue weighted by Crippen LogP contribution is -2.30. The van der Waals surface area contributed by atoms with E-state index >= 15 is 0 Å². The second kappa shape index (κ2) is 7.91. The van der Waals surface area contributed by atoms with Gasteiger partial charge in [0.15, 0.2) is 0 Å². The molecule has 6 heteroatoms. The van der Waals surface area contributed by atoms with E-state index in [1.165, 1.54) is 6.26 Å². The smallest absolute Gasteiger partial charge is 0.130 e. The first-order chi connectivity index (χ1) is 10.6. The predicted octanol–water partition coefficient (Wildman–Crippen LogP) is 3.55. The van der Waals surface area contributed by atoms with Gasteiger partial charge >= 0.3 is 0 Å². The molecule has 120 valence electrons. The number of azo groups is 1. The number of nitrogens with zero attached hydrogens (tertiary/aromatic N) is 5. The lowest BCUT2D eigenvalue weighted by Gasteiger charge is -2.43. The zero-order chi connectivity index (χ0) is 15.9. The SMILES string of the molecule is C=COC1CC=C(N=NC2=CCC(N(C)CC)C=C2)N(C)[N-]1. The molecule has 0 N–H and O–H groups in total. The first-order valence-electron chi connectivity index (χ1n) is 7.55. The summed E-state index contributed by atoms with van der Waals surface area (Å²) in [6.07, 6.45) is 11.1. The summed E-state index contributed by atoms with van der Waals surface area (Å²) < 4.78 is 5.25. The molecule has 0 aromatic rings. The Kier molecular flexibility index (Phi) is 5.91. The molecule has 0 radical (unpaired) electrons. The van der Waals surface area contributed by atoms with Crippen molar-refractivity contribution in [1.29, 1.82) is 0 Å². The summed E-state index contributed by atoms with van der Waals surface area (Å²) in [5.41, 5.74) is 5.23. The van der Waals surface area contributed by atoms with Crippen LogP contribution in [0.2, 0.25) is 0 Å². The Bertz CT molecular complexity index is 509. The highest BCUT2D eigenvalue weighted by atomic mass is 16.5. The molecule has 1 heterocycles. The van der Waals surface area contributed by atoms with Crippen molar-refractivity contribution >= 4 is 0 Å². The van der Waals surface area contributed by atoms with E-state index in [-0.39, 0.29) is 6.23 Å². The van der Waals surface area contributed by atoms with Crippen LogP contribution in [0.1, 0.15) is 19.8 Å². The van der Waals surface area contributed by atoms with Crippen LogP contribution < -0.4 is 0 Å². The zero-order valence-corrected chi connectivity index (χ0v) is 13.5. The van der Waals surface area contributed by atoms with Crippen LogP contribution in [0.5, 0.6) is 0 Å². The van der Waals surface area contributed by atoms with Crippen LogP contribution in [0.15, 0.2) is 58.9 Å². The van der Waals surface area contributed by atoms with E-state index in [0.29, 0.717) is 12.5 Å². The van der Waals surface area contributed by atoms with E-state index in [9.17, 15) is 0 Å². The second-order valence-electron chi connectivity index (χ2n) is 5.26. The number of hydrogen-bond donors (Lipinski definition) is 0. The number of ether oxygens (including phenoxy) is 1. The highest BCUT2D eigenvalue weighted by Gasteiger charge is 2.12. The summed E-state index contributed by atoms with van der Waals surface area (Å²) in [4.78, 5) is 2.30. The van der Waals surface area contributed by atoms with Gasteiger partial charge in [-0.05, 0) is 45.6 Å². The standard InChI is InChI=1S/C16H24N5O/c1-5-20(3)14-9-7-13(8-10-14)17-18-15-11-12-16(22-6-2)19-21(15)4/h6-9,11,14,16H,2,5,10,12H2,1,3-4H3/q-1. The van der Waals surface area contributed by atoms with Crippen molar-refractivity contribution in [3.05, 3.63) is 54.1 Å². The van der Waals surface area contributed by atoms with Crippen molar-refractivity contribution < 1.29 is 4.74 Å². The van der Waals surface area contributed by atoms with Gasteiger partial charge in [-0.15, -0.1) is 10.2 Å². The van der Waals surface area contributed by atoms with E-state index in [2.05, 4.69) is 53.3 Å². The molecule has 2 unspecified atom stereocenters. The Morgan fingerprint density at radius 3 is 2.86 bits per heavy atom. The van der Waals surface area contributed by atoms with E-state index in [1.807, 2.05) is 19.2 Å². The lowest BCUT2D eigenvalue weighted by atomic mass is 10.1. The van der Waals surface area contributed by atoms with Crippen molar-refractivity contribution in [2.24, 2.45) is 10.2 Å². The van der Waals surface area contributed by atoms with Gasteiger partial charge in [0.05, 0.1) is 12.0 Å². The molecule has 2 atom stereocenters. The molecule has 6 nitrogen and oxygen atoms in total. The molecular weight excluding hydrogens is 278 g/mol. The predicted molar refractivity (Wildman–Crippen MR) is 87.7 cm³/mol. The van der Waals surface area contributed by atoms with Gasteiger partial charge in [-0.2, -0.15) is 0 Å². The highest BCUT2D eigenvalue weighted by molar-refractivity contribution is 5.24. The molecular formula is C16H24N5O-. The van der Waals surface area contributed by atoms with Crippen LogP contribution in [-0.2, 0) is 4.74 Å². The van der Waals surface area contributed by atoms with Gasteiger partial charge in [-0.3, -0.25) is 4.90 Å². The minimum Gasteiger partial charge on any atom is -0.531 e. The fourth-order valence-electron chi connectivity index (χ4n) is 2.28. The monoisotopic (exact) mass is 302 g/mol. The molecule has 1 aliphatic heterocycles. The van der Waals surface area contributed by atoms with E-state index in [1.54, 1.807) is 5.01 Å². The van der Waals surface area contributed by atoms with Gasteiger partial charge in [0.1, 0.15) is 5.82 Å². The van der Waals surface area contributed by atoms with E-state index in [4.69, 9.17) is 4.74 Å². The minimum absolute atomic E-state index is 0.222. The van der Waals surface area contributed by atoms with Crippen molar-refractivity contribution in [3.63, 3.8) is 0 Å². The summed E-state index contributed by atoms with van der Waals surface area (Å²) >= 11 is 0. The first kappa shape index (κ1) is 16.5. The third-order valence-electron chi connectivity index (χ3n) is 3.78. The van der Waals surface area contributed by atoms with Gasteiger partial charge in [-0.25, -0.2) is 0 Å². The minimum atomic E-state index is -0.222. The fraction of sp³-hybridized carbons (Fsp3) is 0.500. The van der Waals surface area contributed by atoms with Gasteiger partial charge < -0.3 is 15.2 Å². The molecule has 22 heavy (non-hydrogen) atoms. The number of allylic oxidation sites excluding steroid dienone is 1. The van der Waals surface area contributed by atoms with E-state index < -0.39 is 0 Å². The summed E-state index contributed by atoms with van der Waals surface area (Å²) in [5.74, 6) is 0.728. The normalized spacial score (nSPS) is 25.4. The molecule has 0 saturated carbocycles. The van der Waals surface area contributed by atoms with E-state index in [0.717, 1.165) is 24.5 Å². The Morgan fingerprint density at radius 2 is 2.27 bits per heavy atom. The Hall–Kier alpha value is -1.92. The second-order valence-corrected chi connectivity index (χ2v) is 5.26. The third-order valence-corrected chi connectivity index (χ3v) is 3.78. The van der Waals surface area contributed by atoms with Crippen molar-refractivity contribution in [3.8, 4) is 0 Å². The highest BCUT2D eigenvalue weighted by Crippen LogP contribution is 2.24. The van der Waals surface area contributed by atoms with Crippen LogP contribution >= 0.6 is 0 Å². The molecule has 1 aliphatic carbocycles. The molecule has 0 aromatic heterocycles. The average molecular weight is 302 g/mol. The zero-order valence-electron chi connectivity index (χ0n) is 13.5. The van der Waals surface area contributed by atoms with Crippen molar-refractivity contribution in [1.82, 2.24) is 9.91 Å². The van der Waals surface area contributed by atoms with Crippen LogP contribution in [0, 0.1) is 0 Å². The van der Waals surface area contributed by atoms with Crippen LogP contribution in [0.3, 0.4) is 0 Å². The number of rotatable bonds is 6. The summed E-state index contributed by atoms with van der Waals surface area (Å²) in [6, 6.07) is 0.451. The van der Waals surface area contributed by atoms with Gasteiger partial charge in [0, 0.05) is 12.3 Å². The Morgan fingerprint density at radius 1 is 1.45 bits per heavy atom. The van der Waals surface area contributed by atoms with Crippen molar-refractivity contribution in [2.75, 3.05) is 20.6 Å². The molecule has 0 saturated heterocycles. The average Bonchev–Trinajstić information content (AvgIpc) is 2.54. The number of likely N-dealkylation sites (N-methyl/N-ethyl adjacent to an activating group) is 1. The molecule has 0 amide bonds. The third kappa shape index (κ3) is 4.29.